The lowest BCUT2D eigenvalue weighted by atomic mass is 9.97. The van der Waals surface area contributed by atoms with Crippen molar-refractivity contribution in [1.82, 2.24) is 9.62 Å². The van der Waals surface area contributed by atoms with Gasteiger partial charge in [-0.3, -0.25) is 9.59 Å². The molecule has 1 fully saturated rings. The Kier molecular flexibility index (Phi) is 7.01. The average molecular weight is 507 g/mol. The number of halogens is 1. The summed E-state index contributed by atoms with van der Waals surface area (Å²) in [6.45, 7) is 0.659. The van der Waals surface area contributed by atoms with E-state index >= 15 is 0 Å². The van der Waals surface area contributed by atoms with E-state index in [4.69, 9.17) is 16.3 Å². The number of carbonyl (C=O) groups is 2. The van der Waals surface area contributed by atoms with E-state index in [2.05, 4.69) is 10.6 Å². The molecule has 0 bridgehead atoms. The molecule has 4 rings (SSSR count). The van der Waals surface area contributed by atoms with Crippen LogP contribution in [0.1, 0.15) is 18.4 Å². The molecule has 2 aromatic carbocycles. The maximum absolute atomic E-state index is 13.2. The second-order valence-corrected chi connectivity index (χ2v) is 10.9. The smallest absolute Gasteiger partial charge is 0.262 e. The van der Waals surface area contributed by atoms with Gasteiger partial charge in [-0.1, -0.05) is 23.7 Å². The van der Waals surface area contributed by atoms with Gasteiger partial charge >= 0.3 is 0 Å². The van der Waals surface area contributed by atoms with Crippen LogP contribution in [-0.4, -0.2) is 58.3 Å². The number of nitrogens with zero attached hydrogens (tertiary/aromatic N) is 2. The Morgan fingerprint density at radius 1 is 1.21 bits per heavy atom. The van der Waals surface area contributed by atoms with E-state index < -0.39 is 10.0 Å². The Bertz CT molecular complexity index is 1190. The van der Waals surface area contributed by atoms with Crippen LogP contribution < -0.4 is 20.3 Å². The van der Waals surface area contributed by atoms with Crippen LogP contribution in [0.5, 0.6) is 5.75 Å². The van der Waals surface area contributed by atoms with Crippen molar-refractivity contribution in [3.8, 4) is 5.75 Å². The van der Waals surface area contributed by atoms with E-state index in [9.17, 15) is 18.0 Å². The zero-order chi connectivity index (χ0) is 24.5. The second kappa shape index (κ2) is 9.81. The lowest BCUT2D eigenvalue weighted by Crippen LogP contribution is -2.43. The molecule has 0 spiro atoms. The summed E-state index contributed by atoms with van der Waals surface area (Å²) < 4.78 is 33.1. The summed E-state index contributed by atoms with van der Waals surface area (Å²) in [5.74, 6) is -0.407. The summed E-state index contributed by atoms with van der Waals surface area (Å²) >= 11 is 6.24. The summed E-state index contributed by atoms with van der Waals surface area (Å²) in [4.78, 5) is 26.1. The van der Waals surface area contributed by atoms with Crippen LogP contribution in [0, 0.1) is 5.92 Å². The van der Waals surface area contributed by atoms with Gasteiger partial charge in [-0.25, -0.2) is 8.42 Å². The third-order valence-corrected chi connectivity index (χ3v) is 8.39. The molecule has 34 heavy (non-hydrogen) atoms. The minimum atomic E-state index is -3.88. The zero-order valence-corrected chi connectivity index (χ0v) is 20.6. The zero-order valence-electron chi connectivity index (χ0n) is 19.0. The number of rotatable bonds is 6. The average Bonchev–Trinajstić information content (AvgIpc) is 2.82. The van der Waals surface area contributed by atoms with Gasteiger partial charge in [0.1, 0.15) is 10.6 Å². The van der Waals surface area contributed by atoms with Gasteiger partial charge in [0.25, 0.3) is 5.91 Å². The number of hydrogen-bond donors (Lipinski definition) is 2. The van der Waals surface area contributed by atoms with Gasteiger partial charge in [-0.15, -0.1) is 0 Å². The molecule has 0 aromatic heterocycles. The van der Waals surface area contributed by atoms with Crippen molar-refractivity contribution < 1.29 is 22.7 Å². The van der Waals surface area contributed by atoms with Crippen LogP contribution in [0.25, 0.3) is 0 Å². The molecule has 0 radical (unpaired) electrons. The first-order valence-electron chi connectivity index (χ1n) is 11.0. The van der Waals surface area contributed by atoms with Crippen molar-refractivity contribution >= 4 is 44.8 Å². The van der Waals surface area contributed by atoms with E-state index in [1.54, 1.807) is 0 Å². The first-order valence-corrected chi connectivity index (χ1v) is 12.8. The molecule has 0 saturated carbocycles. The lowest BCUT2D eigenvalue weighted by molar-refractivity contribution is -0.126. The Morgan fingerprint density at radius 2 is 1.88 bits per heavy atom. The number of ether oxygens (including phenoxy) is 1. The number of benzene rings is 2. The minimum Gasteiger partial charge on any atom is -0.482 e. The van der Waals surface area contributed by atoms with E-state index in [-0.39, 0.29) is 53.1 Å². The molecule has 11 heteroatoms. The van der Waals surface area contributed by atoms with Gasteiger partial charge in [0.05, 0.1) is 10.7 Å². The van der Waals surface area contributed by atoms with Crippen LogP contribution in [0.4, 0.5) is 11.4 Å². The molecular weight excluding hydrogens is 480 g/mol. The number of nitrogens with one attached hydrogen (secondary N) is 2. The molecule has 2 aliphatic rings. The Labute approximate surface area is 204 Å². The number of fused-ring (bicyclic) bond motifs is 1. The Balaban J connectivity index is 1.35. The first-order chi connectivity index (χ1) is 16.1. The lowest BCUT2D eigenvalue weighted by Gasteiger charge is -2.31. The first kappa shape index (κ1) is 24.3. The molecule has 2 aromatic rings. The van der Waals surface area contributed by atoms with Gasteiger partial charge in [0.2, 0.25) is 15.9 Å². The number of anilines is 2. The molecule has 2 aliphatic heterocycles. The van der Waals surface area contributed by atoms with E-state index in [1.807, 2.05) is 43.3 Å². The minimum absolute atomic E-state index is 0.00435. The van der Waals surface area contributed by atoms with Gasteiger partial charge in [-0.05, 0) is 36.6 Å². The number of hydrogen-bond acceptors (Lipinski definition) is 6. The number of amides is 2. The summed E-state index contributed by atoms with van der Waals surface area (Å²) in [5, 5.41) is 5.57. The van der Waals surface area contributed by atoms with Gasteiger partial charge < -0.3 is 20.3 Å². The van der Waals surface area contributed by atoms with Gasteiger partial charge in [0, 0.05) is 51.4 Å². The van der Waals surface area contributed by atoms with Crippen LogP contribution >= 0.6 is 11.6 Å². The predicted octanol–water partition coefficient (Wildman–Crippen LogP) is 2.45. The van der Waals surface area contributed by atoms with E-state index in [0.29, 0.717) is 25.1 Å². The van der Waals surface area contributed by atoms with Crippen LogP contribution in [0.2, 0.25) is 5.02 Å². The summed E-state index contributed by atoms with van der Waals surface area (Å²) in [7, 11) is 0.0543. The third-order valence-electron chi connectivity index (χ3n) is 6.03. The normalized spacial score (nSPS) is 16.9. The molecule has 0 unspecified atom stereocenters. The largest absolute Gasteiger partial charge is 0.482 e. The SMILES string of the molecule is CN(C)c1ccc(CNC(=O)C2CCN(S(=O)(=O)c3cc4c(cc3Cl)NC(=O)CO4)CC2)cc1. The highest BCUT2D eigenvalue weighted by Gasteiger charge is 2.34. The molecule has 2 N–H and O–H groups in total. The Hall–Kier alpha value is -2.82. The fourth-order valence-electron chi connectivity index (χ4n) is 4.02. The maximum Gasteiger partial charge on any atom is 0.262 e. The van der Waals surface area contributed by atoms with Gasteiger partial charge in [0.15, 0.2) is 6.61 Å². The molecule has 2 heterocycles. The third kappa shape index (κ3) is 5.13. The van der Waals surface area contributed by atoms with Crippen molar-refractivity contribution in [3.63, 3.8) is 0 Å². The molecule has 0 atom stereocenters. The highest BCUT2D eigenvalue weighted by Crippen LogP contribution is 2.37. The van der Waals surface area contributed by atoms with E-state index in [1.165, 1.54) is 16.4 Å². The topological polar surface area (TPSA) is 108 Å². The van der Waals surface area contributed by atoms with Crippen molar-refractivity contribution in [2.24, 2.45) is 5.92 Å². The van der Waals surface area contributed by atoms with Crippen LogP contribution in [0.15, 0.2) is 41.3 Å². The molecular formula is C23H27ClN4O5S. The molecule has 1 saturated heterocycles. The molecule has 0 aliphatic carbocycles. The standard InChI is InChI=1S/C23H27ClN4O5S/c1-27(2)17-5-3-15(4-6-17)13-25-23(30)16-7-9-28(10-8-16)34(31,32)21-12-20-19(11-18(21)24)26-22(29)14-33-20/h3-6,11-12,16H,7-10,13-14H2,1-2H3,(H,25,30)(H,26,29). The van der Waals surface area contributed by atoms with Crippen molar-refractivity contribution in [2.75, 3.05) is 44.0 Å². The fraction of sp³-hybridized carbons (Fsp3) is 0.391. The van der Waals surface area contributed by atoms with Crippen LogP contribution in [0.3, 0.4) is 0 Å². The molecule has 182 valence electrons. The van der Waals surface area contributed by atoms with E-state index in [0.717, 1.165) is 11.3 Å². The highest BCUT2D eigenvalue weighted by atomic mass is 35.5. The second-order valence-electron chi connectivity index (χ2n) is 8.57. The van der Waals surface area contributed by atoms with Gasteiger partial charge in [-0.2, -0.15) is 4.31 Å². The summed E-state index contributed by atoms with van der Waals surface area (Å²) in [6.07, 6.45) is 0.833. The predicted molar refractivity (Wildman–Crippen MR) is 130 cm³/mol. The fourth-order valence-corrected chi connectivity index (χ4v) is 6.01. The molecule has 2 amide bonds. The summed E-state index contributed by atoms with van der Waals surface area (Å²) in [5.41, 5.74) is 2.42. The van der Waals surface area contributed by atoms with Crippen molar-refractivity contribution in [3.05, 3.63) is 47.0 Å². The highest BCUT2D eigenvalue weighted by molar-refractivity contribution is 7.89. The van der Waals surface area contributed by atoms with Crippen molar-refractivity contribution in [1.29, 1.82) is 0 Å². The number of sulfonamides is 1. The molecule has 9 nitrogen and oxygen atoms in total. The van der Waals surface area contributed by atoms with Crippen LogP contribution in [-0.2, 0) is 26.2 Å². The Morgan fingerprint density at radius 3 is 2.53 bits per heavy atom. The number of piperidine rings is 1. The number of carbonyl (C=O) groups excluding carboxylic acids is 2. The summed E-state index contributed by atoms with van der Waals surface area (Å²) in [6, 6.07) is 10.7. The van der Waals surface area contributed by atoms with Crippen molar-refractivity contribution in [2.45, 2.75) is 24.3 Å². The maximum atomic E-state index is 13.2. The quantitative estimate of drug-likeness (QED) is 0.623. The monoisotopic (exact) mass is 506 g/mol.